The van der Waals surface area contributed by atoms with Crippen LogP contribution in [0.2, 0.25) is 0 Å². The Hall–Kier alpha value is -0.340. The van der Waals surface area contributed by atoms with Crippen LogP contribution in [-0.2, 0) is 10.0 Å². The SMILES string of the molecule is CN(CCC(F)(F)F)S(=O)(=O)CCCN. The lowest BCUT2D eigenvalue weighted by molar-refractivity contribution is -0.135. The van der Waals surface area contributed by atoms with Crippen molar-refractivity contribution in [2.45, 2.75) is 19.0 Å². The first-order valence-electron chi connectivity index (χ1n) is 4.40. The minimum Gasteiger partial charge on any atom is -0.330 e. The maximum atomic E-state index is 11.8. The number of nitrogens with two attached hydrogens (primary N) is 1. The van der Waals surface area contributed by atoms with E-state index in [-0.39, 0.29) is 18.7 Å². The summed E-state index contributed by atoms with van der Waals surface area (Å²) in [5.74, 6) is -0.210. The van der Waals surface area contributed by atoms with Gasteiger partial charge in [0.25, 0.3) is 0 Å². The molecule has 0 aromatic rings. The van der Waals surface area contributed by atoms with Crippen molar-refractivity contribution in [1.82, 2.24) is 4.31 Å². The van der Waals surface area contributed by atoms with Gasteiger partial charge in [0.15, 0.2) is 0 Å². The molecule has 0 aromatic heterocycles. The zero-order valence-electron chi connectivity index (χ0n) is 8.42. The summed E-state index contributed by atoms with van der Waals surface area (Å²) in [6.45, 7) is -0.344. The van der Waals surface area contributed by atoms with Crippen LogP contribution in [0.4, 0.5) is 13.2 Å². The van der Waals surface area contributed by atoms with E-state index in [1.807, 2.05) is 0 Å². The van der Waals surface area contributed by atoms with E-state index in [0.717, 1.165) is 11.4 Å². The summed E-state index contributed by atoms with van der Waals surface area (Å²) in [5.41, 5.74) is 5.12. The average molecular weight is 248 g/mol. The van der Waals surface area contributed by atoms with Crippen molar-refractivity contribution >= 4 is 10.0 Å². The van der Waals surface area contributed by atoms with Gasteiger partial charge in [-0.25, -0.2) is 12.7 Å². The Kier molecular flexibility index (Phi) is 5.54. The molecule has 4 nitrogen and oxygen atoms in total. The summed E-state index contributed by atoms with van der Waals surface area (Å²) in [6, 6.07) is 0. The smallest absolute Gasteiger partial charge is 0.330 e. The first-order valence-corrected chi connectivity index (χ1v) is 6.01. The predicted molar refractivity (Wildman–Crippen MR) is 50.8 cm³/mol. The summed E-state index contributed by atoms with van der Waals surface area (Å²) < 4.78 is 58.8. The molecule has 8 heteroatoms. The van der Waals surface area contributed by atoms with Crippen molar-refractivity contribution in [1.29, 1.82) is 0 Å². The van der Waals surface area contributed by atoms with Gasteiger partial charge in [-0.3, -0.25) is 0 Å². The fourth-order valence-corrected chi connectivity index (χ4v) is 2.06. The second kappa shape index (κ2) is 5.66. The number of hydrogen-bond donors (Lipinski definition) is 1. The quantitative estimate of drug-likeness (QED) is 0.746. The van der Waals surface area contributed by atoms with Crippen molar-refractivity contribution < 1.29 is 21.6 Å². The van der Waals surface area contributed by atoms with Crippen LogP contribution in [-0.4, -0.2) is 44.8 Å². The molecular formula is C7H15F3N2O2S. The molecule has 0 aromatic carbocycles. The van der Waals surface area contributed by atoms with Crippen LogP contribution in [0, 0.1) is 0 Å². The topological polar surface area (TPSA) is 63.4 Å². The van der Waals surface area contributed by atoms with E-state index in [1.165, 1.54) is 0 Å². The molecule has 0 unspecified atom stereocenters. The van der Waals surface area contributed by atoms with Crippen LogP contribution < -0.4 is 5.73 Å². The van der Waals surface area contributed by atoms with Crippen LogP contribution in [0.3, 0.4) is 0 Å². The summed E-state index contributed by atoms with van der Waals surface area (Å²) in [4.78, 5) is 0. The lowest BCUT2D eigenvalue weighted by Gasteiger charge is -2.17. The fourth-order valence-electron chi connectivity index (χ4n) is 0.845. The van der Waals surface area contributed by atoms with Crippen LogP contribution in [0.1, 0.15) is 12.8 Å². The van der Waals surface area contributed by atoms with Gasteiger partial charge in [0.1, 0.15) is 0 Å². The predicted octanol–water partition coefficient (Wildman–Crippen LogP) is 0.549. The van der Waals surface area contributed by atoms with E-state index in [0.29, 0.717) is 0 Å². The number of nitrogens with zero attached hydrogens (tertiary/aromatic N) is 1. The third-order valence-electron chi connectivity index (χ3n) is 1.79. The molecule has 0 radical (unpaired) electrons. The van der Waals surface area contributed by atoms with Gasteiger partial charge in [-0.2, -0.15) is 13.2 Å². The third kappa shape index (κ3) is 6.69. The van der Waals surface area contributed by atoms with E-state index in [2.05, 4.69) is 0 Å². The molecule has 0 rings (SSSR count). The molecule has 2 N–H and O–H groups in total. The highest BCUT2D eigenvalue weighted by atomic mass is 32.2. The molecule has 15 heavy (non-hydrogen) atoms. The Morgan fingerprint density at radius 2 is 1.87 bits per heavy atom. The van der Waals surface area contributed by atoms with E-state index >= 15 is 0 Å². The van der Waals surface area contributed by atoms with E-state index in [4.69, 9.17) is 5.73 Å². The van der Waals surface area contributed by atoms with Crippen molar-refractivity contribution in [3.63, 3.8) is 0 Å². The Morgan fingerprint density at radius 3 is 2.27 bits per heavy atom. The van der Waals surface area contributed by atoms with Gasteiger partial charge in [0.05, 0.1) is 12.2 Å². The minimum absolute atomic E-state index is 0.201. The van der Waals surface area contributed by atoms with E-state index < -0.39 is 29.2 Å². The fraction of sp³-hybridized carbons (Fsp3) is 1.00. The van der Waals surface area contributed by atoms with Crippen LogP contribution >= 0.6 is 0 Å². The number of rotatable bonds is 6. The molecular weight excluding hydrogens is 233 g/mol. The second-order valence-electron chi connectivity index (χ2n) is 3.14. The molecule has 0 bridgehead atoms. The van der Waals surface area contributed by atoms with Gasteiger partial charge in [-0.1, -0.05) is 0 Å². The lowest BCUT2D eigenvalue weighted by atomic mass is 10.4. The van der Waals surface area contributed by atoms with Gasteiger partial charge in [-0.05, 0) is 13.0 Å². The molecule has 0 aliphatic rings. The highest BCUT2D eigenvalue weighted by molar-refractivity contribution is 7.89. The first-order chi connectivity index (χ1) is 6.69. The zero-order chi connectivity index (χ0) is 12.1. The second-order valence-corrected chi connectivity index (χ2v) is 5.34. The largest absolute Gasteiger partial charge is 0.390 e. The van der Waals surface area contributed by atoms with Gasteiger partial charge >= 0.3 is 6.18 Å². The van der Waals surface area contributed by atoms with Crippen molar-refractivity contribution in [3.05, 3.63) is 0 Å². The lowest BCUT2D eigenvalue weighted by Crippen LogP contribution is -2.33. The first kappa shape index (κ1) is 14.7. The molecule has 0 heterocycles. The average Bonchev–Trinajstić information content (AvgIpc) is 2.09. The standard InChI is InChI=1S/C7H15F3N2O2S/c1-12(5-3-7(8,9)10)15(13,14)6-2-4-11/h2-6,11H2,1H3. The Morgan fingerprint density at radius 1 is 1.33 bits per heavy atom. The van der Waals surface area contributed by atoms with Crippen molar-refractivity contribution in [3.8, 4) is 0 Å². The maximum Gasteiger partial charge on any atom is 0.390 e. The minimum atomic E-state index is -4.34. The number of sulfonamides is 1. The Balaban J connectivity index is 4.14. The van der Waals surface area contributed by atoms with Crippen molar-refractivity contribution in [2.75, 3.05) is 25.9 Å². The highest BCUT2D eigenvalue weighted by Crippen LogP contribution is 2.20. The van der Waals surface area contributed by atoms with Gasteiger partial charge in [0, 0.05) is 13.6 Å². The molecule has 0 saturated carbocycles. The summed E-state index contributed by atoms with van der Waals surface area (Å²) in [6.07, 6.45) is -5.22. The number of alkyl halides is 3. The van der Waals surface area contributed by atoms with Gasteiger partial charge in [-0.15, -0.1) is 0 Å². The highest BCUT2D eigenvalue weighted by Gasteiger charge is 2.29. The van der Waals surface area contributed by atoms with Crippen LogP contribution in [0.5, 0.6) is 0 Å². The maximum absolute atomic E-state index is 11.8. The molecule has 0 aliphatic carbocycles. The summed E-state index contributed by atoms with van der Waals surface area (Å²) in [5, 5.41) is 0. The molecule has 0 fully saturated rings. The molecule has 0 atom stereocenters. The monoisotopic (exact) mass is 248 g/mol. The number of hydrogen-bond acceptors (Lipinski definition) is 3. The molecule has 0 amide bonds. The van der Waals surface area contributed by atoms with Crippen LogP contribution in [0.15, 0.2) is 0 Å². The molecule has 0 aliphatic heterocycles. The van der Waals surface area contributed by atoms with E-state index in [1.54, 1.807) is 0 Å². The van der Waals surface area contributed by atoms with Crippen LogP contribution in [0.25, 0.3) is 0 Å². The Labute approximate surface area is 87.3 Å². The normalized spacial score (nSPS) is 13.5. The molecule has 92 valence electrons. The third-order valence-corrected chi connectivity index (χ3v) is 3.73. The van der Waals surface area contributed by atoms with Crippen molar-refractivity contribution in [2.24, 2.45) is 5.73 Å². The van der Waals surface area contributed by atoms with Gasteiger partial charge in [0.2, 0.25) is 10.0 Å². The zero-order valence-corrected chi connectivity index (χ0v) is 9.24. The Bertz CT molecular complexity index is 276. The van der Waals surface area contributed by atoms with E-state index in [9.17, 15) is 21.6 Å². The summed E-state index contributed by atoms with van der Waals surface area (Å²) >= 11 is 0. The molecule has 0 spiro atoms. The van der Waals surface area contributed by atoms with Gasteiger partial charge < -0.3 is 5.73 Å². The summed E-state index contributed by atoms with van der Waals surface area (Å²) in [7, 11) is -2.46. The number of halogens is 3. The molecule has 0 saturated heterocycles.